The highest BCUT2D eigenvalue weighted by atomic mass is 35.5. The molecule has 2 rings (SSSR count). The highest BCUT2D eigenvalue weighted by Crippen LogP contribution is 2.41. The van der Waals surface area contributed by atoms with Crippen molar-refractivity contribution in [3.63, 3.8) is 0 Å². The van der Waals surface area contributed by atoms with Gasteiger partial charge in [-0.05, 0) is 17.9 Å². The lowest BCUT2D eigenvalue weighted by Crippen LogP contribution is -2.37. The molecule has 2 fully saturated rings. The summed E-state index contributed by atoms with van der Waals surface area (Å²) in [5.41, 5.74) is 0.347. The van der Waals surface area contributed by atoms with Gasteiger partial charge in [0.2, 0.25) is 0 Å². The van der Waals surface area contributed by atoms with E-state index in [2.05, 4.69) is 0 Å². The molecule has 5 nitrogen and oxygen atoms in total. The van der Waals surface area contributed by atoms with Gasteiger partial charge in [0.15, 0.2) is 0 Å². The zero-order valence-electron chi connectivity index (χ0n) is 10.6. The second-order valence-corrected chi connectivity index (χ2v) is 7.57. The Balaban J connectivity index is 2.38. The number of halogens is 2. The molecule has 0 aromatic heterocycles. The van der Waals surface area contributed by atoms with Gasteiger partial charge in [0.05, 0.1) is 18.1 Å². The molecule has 0 N–H and O–H groups in total. The van der Waals surface area contributed by atoms with E-state index in [9.17, 15) is 10.1 Å². The largest absolute Gasteiger partial charge is 0.378 e. The summed E-state index contributed by atoms with van der Waals surface area (Å²) < 4.78 is 5.91. The lowest BCUT2D eigenvalue weighted by Gasteiger charge is -2.30. The minimum absolute atomic E-state index is 0.0293. The van der Waals surface area contributed by atoms with Gasteiger partial charge in [0.25, 0.3) is 0 Å². The van der Waals surface area contributed by atoms with Gasteiger partial charge in [-0.2, -0.15) is 0 Å². The molecule has 0 saturated carbocycles. The number of rotatable bonds is 3. The van der Waals surface area contributed by atoms with Crippen LogP contribution in [-0.2, 0) is 4.74 Å². The molecule has 0 unspecified atom stereocenters. The fourth-order valence-corrected chi connectivity index (χ4v) is 4.97. The van der Waals surface area contributed by atoms with E-state index in [0.29, 0.717) is 36.2 Å². The maximum Gasteiger partial charge on any atom is 0.314 e. The van der Waals surface area contributed by atoms with E-state index in [-0.39, 0.29) is 15.1 Å². The third-order valence-corrected chi connectivity index (χ3v) is 5.82. The molecule has 0 atom stereocenters. The molecule has 0 bridgehead atoms. The SMILES string of the molecule is O=[N+]([O-])C(=C1SCCCS1)C(=C(Cl)Cl)N1CCOCC1. The van der Waals surface area contributed by atoms with Crippen molar-refractivity contribution < 1.29 is 9.66 Å². The van der Waals surface area contributed by atoms with Gasteiger partial charge < -0.3 is 9.64 Å². The minimum Gasteiger partial charge on any atom is -0.378 e. The van der Waals surface area contributed by atoms with Crippen molar-refractivity contribution >= 4 is 46.7 Å². The standard InChI is InChI=1S/C11H14Cl2N2O3S2/c12-10(13)8(14-2-4-18-5-3-14)9(15(16)17)11-19-6-1-7-20-11/h1-7H2. The highest BCUT2D eigenvalue weighted by molar-refractivity contribution is 8.22. The third kappa shape index (κ3) is 3.98. The van der Waals surface area contributed by atoms with E-state index >= 15 is 0 Å². The first-order chi connectivity index (χ1) is 9.61. The second kappa shape index (κ2) is 7.79. The predicted octanol–water partition coefficient (Wildman–Crippen LogP) is 3.28. The van der Waals surface area contributed by atoms with Crippen LogP contribution in [0.4, 0.5) is 0 Å². The van der Waals surface area contributed by atoms with Crippen molar-refractivity contribution in [1.82, 2.24) is 4.90 Å². The smallest absolute Gasteiger partial charge is 0.314 e. The highest BCUT2D eigenvalue weighted by Gasteiger charge is 2.32. The number of morpholine rings is 1. The summed E-state index contributed by atoms with van der Waals surface area (Å²) in [5, 5.41) is 11.5. The van der Waals surface area contributed by atoms with Crippen molar-refractivity contribution in [2.24, 2.45) is 0 Å². The monoisotopic (exact) mass is 356 g/mol. The topological polar surface area (TPSA) is 55.6 Å². The average molecular weight is 357 g/mol. The molecule has 2 aliphatic rings. The van der Waals surface area contributed by atoms with Gasteiger partial charge in [-0.25, -0.2) is 0 Å². The van der Waals surface area contributed by atoms with Gasteiger partial charge in [-0.3, -0.25) is 10.1 Å². The summed E-state index contributed by atoms with van der Waals surface area (Å²) in [4.78, 5) is 13.0. The zero-order valence-corrected chi connectivity index (χ0v) is 13.8. The molecule has 0 aliphatic carbocycles. The molecule has 20 heavy (non-hydrogen) atoms. The maximum atomic E-state index is 11.5. The summed E-state index contributed by atoms with van der Waals surface area (Å²) in [7, 11) is 0. The first kappa shape index (κ1) is 16.3. The van der Waals surface area contributed by atoms with Crippen LogP contribution in [0.5, 0.6) is 0 Å². The lowest BCUT2D eigenvalue weighted by atomic mass is 10.3. The van der Waals surface area contributed by atoms with Crippen LogP contribution in [0.2, 0.25) is 0 Å². The van der Waals surface area contributed by atoms with Gasteiger partial charge >= 0.3 is 5.70 Å². The Morgan fingerprint density at radius 1 is 1.25 bits per heavy atom. The summed E-state index contributed by atoms with van der Waals surface area (Å²) in [5.74, 6) is 1.77. The van der Waals surface area contributed by atoms with Crippen molar-refractivity contribution in [2.75, 3.05) is 37.8 Å². The van der Waals surface area contributed by atoms with Gasteiger partial charge in [-0.15, -0.1) is 23.5 Å². The molecular weight excluding hydrogens is 343 g/mol. The normalized spacial score (nSPS) is 19.7. The average Bonchev–Trinajstić information content (AvgIpc) is 2.45. The molecule has 2 aliphatic heterocycles. The number of nitro groups is 1. The van der Waals surface area contributed by atoms with Crippen LogP contribution in [0.3, 0.4) is 0 Å². The van der Waals surface area contributed by atoms with Crippen LogP contribution >= 0.6 is 46.7 Å². The number of nitrogens with zero attached hydrogens (tertiary/aromatic N) is 2. The third-order valence-electron chi connectivity index (χ3n) is 2.86. The van der Waals surface area contributed by atoms with E-state index in [1.807, 2.05) is 4.90 Å². The molecule has 0 spiro atoms. The van der Waals surface area contributed by atoms with Gasteiger partial charge in [-0.1, -0.05) is 23.2 Å². The van der Waals surface area contributed by atoms with Crippen LogP contribution < -0.4 is 0 Å². The fraction of sp³-hybridized carbons (Fsp3) is 0.636. The number of hydrogen-bond acceptors (Lipinski definition) is 6. The van der Waals surface area contributed by atoms with Crippen LogP contribution in [0, 0.1) is 10.1 Å². The second-order valence-electron chi connectivity index (χ2n) is 4.15. The Morgan fingerprint density at radius 2 is 1.85 bits per heavy atom. The Morgan fingerprint density at radius 3 is 2.35 bits per heavy atom. The van der Waals surface area contributed by atoms with Gasteiger partial charge in [0.1, 0.15) is 14.4 Å². The molecule has 9 heteroatoms. The quantitative estimate of drug-likeness (QED) is 0.571. The Kier molecular flexibility index (Phi) is 6.35. The minimum atomic E-state index is -0.379. The molecule has 112 valence electrons. The molecule has 0 radical (unpaired) electrons. The number of ether oxygens (including phenoxy) is 1. The summed E-state index contributed by atoms with van der Waals surface area (Å²) >= 11 is 14.9. The van der Waals surface area contributed by atoms with Crippen LogP contribution in [0.25, 0.3) is 0 Å². The molecule has 0 aromatic rings. The molecular formula is C11H14Cl2N2O3S2. The van der Waals surface area contributed by atoms with E-state index in [0.717, 1.165) is 17.9 Å². The molecule has 2 saturated heterocycles. The summed E-state index contributed by atoms with van der Waals surface area (Å²) in [6.07, 6.45) is 1.05. The molecule has 0 aromatic carbocycles. The first-order valence-corrected chi connectivity index (χ1v) is 8.86. The van der Waals surface area contributed by atoms with E-state index < -0.39 is 0 Å². The predicted molar refractivity (Wildman–Crippen MR) is 84.7 cm³/mol. The fourth-order valence-electron chi connectivity index (χ4n) is 1.97. The van der Waals surface area contributed by atoms with Crippen LogP contribution in [0.1, 0.15) is 6.42 Å². The zero-order chi connectivity index (χ0) is 14.5. The van der Waals surface area contributed by atoms with Crippen LogP contribution in [-0.4, -0.2) is 47.6 Å². The van der Waals surface area contributed by atoms with E-state index in [1.54, 1.807) is 0 Å². The summed E-state index contributed by atoms with van der Waals surface area (Å²) in [6.45, 7) is 2.15. The number of thioether (sulfide) groups is 2. The van der Waals surface area contributed by atoms with Crippen molar-refractivity contribution in [2.45, 2.75) is 6.42 Å². The van der Waals surface area contributed by atoms with E-state index in [1.165, 1.54) is 23.5 Å². The molecule has 0 amide bonds. The summed E-state index contributed by atoms with van der Waals surface area (Å²) in [6, 6.07) is 0. The molecule has 2 heterocycles. The Labute approximate surface area is 135 Å². The number of hydrogen-bond donors (Lipinski definition) is 0. The first-order valence-electron chi connectivity index (χ1n) is 6.14. The van der Waals surface area contributed by atoms with Gasteiger partial charge in [0, 0.05) is 13.1 Å². The Bertz CT molecular complexity index is 439. The van der Waals surface area contributed by atoms with Crippen molar-refractivity contribution in [3.8, 4) is 0 Å². The lowest BCUT2D eigenvalue weighted by molar-refractivity contribution is -0.422. The van der Waals surface area contributed by atoms with Crippen molar-refractivity contribution in [1.29, 1.82) is 0 Å². The van der Waals surface area contributed by atoms with Crippen molar-refractivity contribution in [3.05, 3.63) is 30.2 Å². The maximum absolute atomic E-state index is 11.5. The van der Waals surface area contributed by atoms with E-state index in [4.69, 9.17) is 27.9 Å². The Hall–Kier alpha value is -0.0800. The van der Waals surface area contributed by atoms with Crippen LogP contribution in [0.15, 0.2) is 20.1 Å².